The molecule has 142 valence electrons. The van der Waals surface area contributed by atoms with Gasteiger partial charge >= 0.3 is 0 Å². The monoisotopic (exact) mass is 373 g/mol. The Labute approximate surface area is 164 Å². The van der Waals surface area contributed by atoms with E-state index < -0.39 is 0 Å². The number of carbonyl (C=O) groups is 1. The Morgan fingerprint density at radius 3 is 2.71 bits per heavy atom. The Balaban J connectivity index is 1.40. The van der Waals surface area contributed by atoms with Gasteiger partial charge in [-0.1, -0.05) is 48.5 Å². The Hall–Kier alpha value is -3.01. The maximum absolute atomic E-state index is 13.2. The molecule has 3 aromatic carbocycles. The van der Waals surface area contributed by atoms with E-state index in [1.165, 1.54) is 5.39 Å². The van der Waals surface area contributed by atoms with E-state index in [2.05, 4.69) is 30.3 Å². The number of carbonyl (C=O) groups excluding carboxylic acids is 1. The first-order valence-electron chi connectivity index (χ1n) is 9.95. The van der Waals surface area contributed by atoms with Gasteiger partial charge < -0.3 is 14.4 Å². The summed E-state index contributed by atoms with van der Waals surface area (Å²) in [5.41, 5.74) is 2.23. The number of likely N-dealkylation sites (tertiary alicyclic amines) is 1. The zero-order valence-electron chi connectivity index (χ0n) is 15.8. The molecule has 0 saturated carbocycles. The molecular weight excluding hydrogens is 350 g/mol. The van der Waals surface area contributed by atoms with Crippen LogP contribution in [0.25, 0.3) is 10.8 Å². The molecule has 2 aliphatic heterocycles. The van der Waals surface area contributed by atoms with E-state index in [0.29, 0.717) is 19.6 Å². The fourth-order valence-electron chi connectivity index (χ4n) is 4.39. The maximum Gasteiger partial charge on any atom is 0.227 e. The molecule has 2 heterocycles. The van der Waals surface area contributed by atoms with E-state index in [1.807, 2.05) is 35.2 Å². The van der Waals surface area contributed by atoms with Crippen LogP contribution in [0.15, 0.2) is 60.7 Å². The van der Waals surface area contributed by atoms with E-state index in [-0.39, 0.29) is 11.9 Å². The van der Waals surface area contributed by atoms with Crippen molar-refractivity contribution in [2.75, 3.05) is 19.8 Å². The fourth-order valence-corrected chi connectivity index (χ4v) is 4.39. The van der Waals surface area contributed by atoms with Gasteiger partial charge in [0.15, 0.2) is 11.5 Å². The van der Waals surface area contributed by atoms with Crippen molar-refractivity contribution in [3.8, 4) is 11.5 Å². The highest BCUT2D eigenvalue weighted by Gasteiger charge is 2.31. The maximum atomic E-state index is 13.2. The van der Waals surface area contributed by atoms with Crippen LogP contribution < -0.4 is 9.47 Å². The predicted molar refractivity (Wildman–Crippen MR) is 109 cm³/mol. The van der Waals surface area contributed by atoms with E-state index in [1.54, 1.807) is 0 Å². The number of ether oxygens (including phenoxy) is 2. The van der Waals surface area contributed by atoms with E-state index in [9.17, 15) is 4.79 Å². The molecule has 0 aromatic heterocycles. The molecule has 3 aromatic rings. The molecule has 2 aliphatic rings. The molecule has 28 heavy (non-hydrogen) atoms. The highest BCUT2D eigenvalue weighted by molar-refractivity contribution is 5.90. The van der Waals surface area contributed by atoms with Crippen molar-refractivity contribution < 1.29 is 14.3 Å². The third-order valence-corrected chi connectivity index (χ3v) is 5.75. The van der Waals surface area contributed by atoms with Gasteiger partial charge in [0.1, 0.15) is 13.2 Å². The van der Waals surface area contributed by atoms with Crippen LogP contribution in [0.2, 0.25) is 0 Å². The van der Waals surface area contributed by atoms with Crippen LogP contribution in [0.4, 0.5) is 0 Å². The summed E-state index contributed by atoms with van der Waals surface area (Å²) in [6.45, 7) is 1.97. The number of hydrogen-bond acceptors (Lipinski definition) is 3. The Bertz CT molecular complexity index is 1020. The van der Waals surface area contributed by atoms with Crippen LogP contribution in [-0.4, -0.2) is 30.6 Å². The van der Waals surface area contributed by atoms with Gasteiger partial charge in [-0.2, -0.15) is 0 Å². The second-order valence-corrected chi connectivity index (χ2v) is 7.46. The van der Waals surface area contributed by atoms with Gasteiger partial charge in [-0.3, -0.25) is 4.79 Å². The number of nitrogens with zero attached hydrogens (tertiary/aromatic N) is 1. The van der Waals surface area contributed by atoms with Crippen LogP contribution in [0.5, 0.6) is 11.5 Å². The Morgan fingerprint density at radius 2 is 1.79 bits per heavy atom. The smallest absolute Gasteiger partial charge is 0.227 e. The predicted octanol–water partition coefficient (Wildman–Crippen LogP) is 4.52. The van der Waals surface area contributed by atoms with Crippen molar-refractivity contribution in [3.05, 3.63) is 71.8 Å². The third kappa shape index (κ3) is 3.09. The second-order valence-electron chi connectivity index (χ2n) is 7.46. The van der Waals surface area contributed by atoms with E-state index >= 15 is 0 Å². The van der Waals surface area contributed by atoms with Crippen LogP contribution in [0.1, 0.15) is 30.0 Å². The van der Waals surface area contributed by atoms with Gasteiger partial charge in [0.05, 0.1) is 12.5 Å². The molecule has 1 amide bonds. The molecule has 1 atom stereocenters. The molecule has 0 radical (unpaired) electrons. The van der Waals surface area contributed by atoms with Crippen LogP contribution >= 0.6 is 0 Å². The van der Waals surface area contributed by atoms with Crippen molar-refractivity contribution >= 4 is 16.7 Å². The zero-order chi connectivity index (χ0) is 18.9. The summed E-state index contributed by atoms with van der Waals surface area (Å²) in [7, 11) is 0. The molecule has 1 saturated heterocycles. The van der Waals surface area contributed by atoms with Gasteiger partial charge in [0.25, 0.3) is 0 Å². The van der Waals surface area contributed by atoms with Gasteiger partial charge in [-0.25, -0.2) is 0 Å². The number of benzene rings is 3. The molecule has 1 fully saturated rings. The molecular formula is C24H23NO3. The normalized spacial score (nSPS) is 18.4. The average molecular weight is 373 g/mol. The lowest BCUT2D eigenvalue weighted by Crippen LogP contribution is -2.32. The van der Waals surface area contributed by atoms with Gasteiger partial charge in [-0.15, -0.1) is 0 Å². The van der Waals surface area contributed by atoms with Crippen LogP contribution in [-0.2, 0) is 11.2 Å². The Kier molecular flexibility index (Phi) is 4.40. The minimum absolute atomic E-state index is 0.110. The second kappa shape index (κ2) is 7.19. The summed E-state index contributed by atoms with van der Waals surface area (Å²) in [4.78, 5) is 15.2. The zero-order valence-corrected chi connectivity index (χ0v) is 15.8. The lowest BCUT2D eigenvalue weighted by atomic mass is 10.0. The largest absolute Gasteiger partial charge is 0.486 e. The highest BCUT2D eigenvalue weighted by Crippen LogP contribution is 2.38. The highest BCUT2D eigenvalue weighted by atomic mass is 16.6. The molecule has 4 nitrogen and oxygen atoms in total. The quantitative estimate of drug-likeness (QED) is 0.678. The molecule has 0 N–H and O–H groups in total. The van der Waals surface area contributed by atoms with Crippen molar-refractivity contribution in [3.63, 3.8) is 0 Å². The van der Waals surface area contributed by atoms with Crippen molar-refractivity contribution in [1.82, 2.24) is 4.90 Å². The number of fused-ring (bicyclic) bond motifs is 2. The van der Waals surface area contributed by atoms with Gasteiger partial charge in [0, 0.05) is 6.54 Å². The first-order chi connectivity index (χ1) is 13.8. The molecule has 5 rings (SSSR count). The molecule has 0 bridgehead atoms. The summed E-state index contributed by atoms with van der Waals surface area (Å²) < 4.78 is 11.4. The van der Waals surface area contributed by atoms with Crippen molar-refractivity contribution in [1.29, 1.82) is 0 Å². The fraction of sp³-hybridized carbons (Fsp3) is 0.292. The number of hydrogen-bond donors (Lipinski definition) is 0. The lowest BCUT2D eigenvalue weighted by molar-refractivity contribution is -0.131. The van der Waals surface area contributed by atoms with Crippen molar-refractivity contribution in [2.45, 2.75) is 25.3 Å². The van der Waals surface area contributed by atoms with Crippen LogP contribution in [0.3, 0.4) is 0 Å². The lowest BCUT2D eigenvalue weighted by Gasteiger charge is -2.27. The summed E-state index contributed by atoms with van der Waals surface area (Å²) >= 11 is 0. The van der Waals surface area contributed by atoms with Gasteiger partial charge in [-0.05, 0) is 46.9 Å². The Morgan fingerprint density at radius 1 is 0.964 bits per heavy atom. The number of amides is 1. The first-order valence-corrected chi connectivity index (χ1v) is 9.95. The topological polar surface area (TPSA) is 38.8 Å². The first kappa shape index (κ1) is 17.1. The third-order valence-electron chi connectivity index (χ3n) is 5.75. The molecule has 1 unspecified atom stereocenters. The SMILES string of the molecule is O=C(Cc1cccc2ccccc12)N1CCCC1c1ccc2c(c1)OCCO2. The van der Waals surface area contributed by atoms with Crippen molar-refractivity contribution in [2.24, 2.45) is 0 Å². The van der Waals surface area contributed by atoms with E-state index in [0.717, 1.165) is 47.4 Å². The van der Waals surface area contributed by atoms with Crippen LogP contribution in [0, 0.1) is 0 Å². The standard InChI is InChI=1S/C24H23NO3/c26-24(16-18-7-3-6-17-5-1-2-8-20(17)18)25-12-4-9-21(25)19-10-11-22-23(15-19)28-14-13-27-22/h1-3,5-8,10-11,15,21H,4,9,12-14,16H2. The minimum atomic E-state index is 0.110. The van der Waals surface area contributed by atoms with E-state index in [4.69, 9.17) is 9.47 Å². The average Bonchev–Trinajstić information content (AvgIpc) is 3.24. The number of rotatable bonds is 3. The minimum Gasteiger partial charge on any atom is -0.486 e. The molecule has 0 spiro atoms. The van der Waals surface area contributed by atoms with Gasteiger partial charge in [0.2, 0.25) is 5.91 Å². The molecule has 0 aliphatic carbocycles. The summed E-state index contributed by atoms with van der Waals surface area (Å²) in [5.74, 6) is 1.77. The summed E-state index contributed by atoms with van der Waals surface area (Å²) in [5, 5.41) is 2.34. The summed E-state index contributed by atoms with van der Waals surface area (Å²) in [6.07, 6.45) is 2.45. The summed E-state index contributed by atoms with van der Waals surface area (Å²) in [6, 6.07) is 20.6. The molecule has 4 heteroatoms.